The third-order valence-electron chi connectivity index (χ3n) is 10.9. The Hall–Kier alpha value is -5.25. The summed E-state index contributed by atoms with van der Waals surface area (Å²) in [7, 11) is 3.85. The highest BCUT2D eigenvalue weighted by atomic mass is 79.9. The number of halogens is 4. The van der Waals surface area contributed by atoms with Crippen molar-refractivity contribution in [2.24, 2.45) is 7.05 Å². The van der Waals surface area contributed by atoms with E-state index in [4.69, 9.17) is 56.8 Å². The van der Waals surface area contributed by atoms with Crippen LogP contribution in [0.3, 0.4) is 0 Å². The van der Waals surface area contributed by atoms with E-state index in [9.17, 15) is 4.79 Å². The summed E-state index contributed by atoms with van der Waals surface area (Å²) in [6.07, 6.45) is 4.63. The Kier molecular flexibility index (Phi) is 15.2. The predicted octanol–water partition coefficient (Wildman–Crippen LogP) is 7.47. The number of nitrogens with zero attached hydrogens (tertiary/aromatic N) is 6. The molecule has 21 heteroatoms. The third kappa shape index (κ3) is 11.1. The number of aromatic nitrogens is 4. The van der Waals surface area contributed by atoms with Gasteiger partial charge < -0.3 is 48.9 Å². The number of carbonyl (C=O) groups excluding carboxylic acids is 1. The number of fused-ring (bicyclic) bond motifs is 3. The Morgan fingerprint density at radius 2 is 1.77 bits per heavy atom. The summed E-state index contributed by atoms with van der Waals surface area (Å²) < 4.78 is 47.0. The Labute approximate surface area is 392 Å². The number of hydroxylamine groups is 1. The maximum Gasteiger partial charge on any atom is 0.277 e. The van der Waals surface area contributed by atoms with Crippen LogP contribution in [-0.4, -0.2) is 126 Å². The summed E-state index contributed by atoms with van der Waals surface area (Å²) in [6, 6.07) is 14.0. The number of anilines is 4. The van der Waals surface area contributed by atoms with Crippen molar-refractivity contribution in [3.05, 3.63) is 87.1 Å². The van der Waals surface area contributed by atoms with Crippen molar-refractivity contribution in [2.75, 3.05) is 90.2 Å². The van der Waals surface area contributed by atoms with E-state index in [1.54, 1.807) is 41.9 Å². The van der Waals surface area contributed by atoms with Crippen LogP contribution in [-0.2, 0) is 16.6 Å². The van der Waals surface area contributed by atoms with Crippen LogP contribution < -0.4 is 35.1 Å². The molecule has 3 aliphatic rings. The second kappa shape index (κ2) is 21.4. The summed E-state index contributed by atoms with van der Waals surface area (Å²) in [5.74, 6) is 1.75. The lowest BCUT2D eigenvalue weighted by Gasteiger charge is -2.32. The summed E-state index contributed by atoms with van der Waals surface area (Å²) in [6.45, 7) is 6.86. The van der Waals surface area contributed by atoms with Gasteiger partial charge in [-0.1, -0.05) is 39.1 Å². The Morgan fingerprint density at radius 3 is 2.55 bits per heavy atom. The molecule has 344 valence electrons. The van der Waals surface area contributed by atoms with Crippen LogP contribution in [0.1, 0.15) is 23.2 Å². The Bertz CT molecular complexity index is 2650. The summed E-state index contributed by atoms with van der Waals surface area (Å²) in [5, 5.41) is 16.6. The van der Waals surface area contributed by atoms with Gasteiger partial charge in [0.05, 0.1) is 76.2 Å². The average Bonchev–Trinajstić information content (AvgIpc) is 3.94. The standard InChI is InChI=1S/C27H32ClN5O5.C17H15BrClFN4O3/c1-32-6-8-33(9-7-32)10-13-35-19-14-21-24(23(15-19)38-18-4-11-34-12-5-18)27(30-16-29-21)31-25-20(28)2-3-22-26(25)37-17-36-22;1-24-8-21-16-13(24)7-10(17(26)23-27-5-4-25)15(14(16)20)22-12-3-2-9(18)6-11(12)19/h2-3,14-16,18H,4-13,17H2,1H3,(H,29,30,31);2-3,6-8,22,25H,4-5H2,1H3,(H,23,26). The number of aryl methyl sites for hydroxylation is 1. The molecule has 0 radical (unpaired) electrons. The highest BCUT2D eigenvalue weighted by molar-refractivity contribution is 9.10. The SMILES string of the molecule is CN1CCN(CCOc2cc(OC3CCOCC3)c3c(Nc4c(Cl)ccc5c4OCO5)ncnc3c2)CC1.Cn1cnc2c(F)c(Nc3ccc(Br)cc3Cl)c(C(=O)NOCCO)cc21. The molecule has 2 saturated heterocycles. The fourth-order valence-electron chi connectivity index (χ4n) is 7.39. The summed E-state index contributed by atoms with van der Waals surface area (Å²) in [4.78, 5) is 35.3. The first kappa shape index (κ1) is 46.3. The van der Waals surface area contributed by atoms with Crippen molar-refractivity contribution in [1.29, 1.82) is 0 Å². The minimum Gasteiger partial charge on any atom is -0.492 e. The minimum absolute atomic E-state index is 0.000486. The van der Waals surface area contributed by atoms with Crippen molar-refractivity contribution in [1.82, 2.24) is 34.8 Å². The number of benzene rings is 4. The largest absolute Gasteiger partial charge is 0.492 e. The van der Waals surface area contributed by atoms with Gasteiger partial charge in [0.25, 0.3) is 5.91 Å². The maximum atomic E-state index is 15.1. The molecule has 17 nitrogen and oxygen atoms in total. The zero-order chi connectivity index (χ0) is 45.5. The van der Waals surface area contributed by atoms with Crippen molar-refractivity contribution >= 4 is 89.9 Å². The molecule has 0 aliphatic carbocycles. The van der Waals surface area contributed by atoms with Crippen molar-refractivity contribution in [3.63, 3.8) is 0 Å². The average molecular weight is 1000 g/mol. The van der Waals surface area contributed by atoms with Gasteiger partial charge in [0, 0.05) is 69.2 Å². The van der Waals surface area contributed by atoms with Gasteiger partial charge in [-0.25, -0.2) is 24.8 Å². The van der Waals surface area contributed by atoms with Crippen LogP contribution in [0.4, 0.5) is 27.3 Å². The lowest BCUT2D eigenvalue weighted by Crippen LogP contribution is -2.45. The molecule has 0 unspecified atom stereocenters. The van der Waals surface area contributed by atoms with Crippen LogP contribution in [0.15, 0.2) is 65.7 Å². The van der Waals surface area contributed by atoms with Crippen LogP contribution in [0.25, 0.3) is 21.9 Å². The van der Waals surface area contributed by atoms with Gasteiger partial charge >= 0.3 is 0 Å². The van der Waals surface area contributed by atoms with Gasteiger partial charge in [0.2, 0.25) is 6.79 Å². The third-order valence-corrected chi connectivity index (χ3v) is 12.0. The first-order chi connectivity index (χ1) is 31.6. The molecule has 3 aliphatic heterocycles. The molecular weight excluding hydrogens is 952 g/mol. The molecule has 9 rings (SSSR count). The molecule has 0 atom stereocenters. The molecule has 2 fully saturated rings. The van der Waals surface area contributed by atoms with E-state index >= 15 is 4.39 Å². The Morgan fingerprint density at radius 1 is 0.954 bits per heavy atom. The molecule has 65 heavy (non-hydrogen) atoms. The Balaban J connectivity index is 0.000000188. The number of carbonyl (C=O) groups is 1. The minimum atomic E-state index is -0.695. The zero-order valence-corrected chi connectivity index (χ0v) is 38.6. The molecule has 6 aromatic rings. The number of hydrogen-bond donors (Lipinski definition) is 4. The zero-order valence-electron chi connectivity index (χ0n) is 35.5. The quantitative estimate of drug-likeness (QED) is 0.0624. The van der Waals surface area contributed by atoms with E-state index in [1.807, 2.05) is 12.1 Å². The fraction of sp³-hybridized carbons (Fsp3) is 0.364. The molecule has 4 N–H and O–H groups in total. The number of amides is 1. The molecular formula is C44H47BrCl2FN9O8. The van der Waals surface area contributed by atoms with E-state index in [-0.39, 0.29) is 42.9 Å². The van der Waals surface area contributed by atoms with Gasteiger partial charge in [0.15, 0.2) is 17.3 Å². The van der Waals surface area contributed by atoms with Crippen molar-refractivity contribution in [3.8, 4) is 23.0 Å². The van der Waals surface area contributed by atoms with E-state index in [2.05, 4.69) is 63.8 Å². The van der Waals surface area contributed by atoms with Crippen LogP contribution in [0.5, 0.6) is 23.0 Å². The number of aliphatic hydroxyl groups excluding tert-OH is 1. The first-order valence-corrected chi connectivity index (χ1v) is 22.4. The van der Waals surface area contributed by atoms with Crippen molar-refractivity contribution in [2.45, 2.75) is 18.9 Å². The monoisotopic (exact) mass is 997 g/mol. The lowest BCUT2D eigenvalue weighted by molar-refractivity contribution is 0.0169. The number of imidazole rings is 1. The van der Waals surface area contributed by atoms with Gasteiger partial charge in [-0.3, -0.25) is 14.5 Å². The highest BCUT2D eigenvalue weighted by Gasteiger charge is 2.26. The number of nitrogens with one attached hydrogen (secondary N) is 3. The van der Waals surface area contributed by atoms with Gasteiger partial charge in [-0.2, -0.15) is 0 Å². The molecule has 2 aromatic heterocycles. The van der Waals surface area contributed by atoms with Gasteiger partial charge in [-0.05, 0) is 43.4 Å². The fourth-order valence-corrected chi connectivity index (χ4v) is 8.31. The molecule has 0 saturated carbocycles. The predicted molar refractivity (Wildman–Crippen MR) is 248 cm³/mol. The maximum absolute atomic E-state index is 15.1. The molecule has 0 bridgehead atoms. The van der Waals surface area contributed by atoms with Crippen LogP contribution in [0, 0.1) is 5.82 Å². The number of ether oxygens (including phenoxy) is 5. The van der Waals surface area contributed by atoms with E-state index in [1.165, 1.54) is 18.7 Å². The van der Waals surface area contributed by atoms with Crippen LogP contribution in [0.2, 0.25) is 10.0 Å². The molecule has 5 heterocycles. The summed E-state index contributed by atoms with van der Waals surface area (Å²) in [5.41, 5.74) is 4.36. The number of piperazine rings is 1. The number of rotatable bonds is 14. The van der Waals surface area contributed by atoms with E-state index in [0.29, 0.717) is 81.1 Å². The van der Waals surface area contributed by atoms with Crippen LogP contribution >= 0.6 is 39.1 Å². The topological polar surface area (TPSA) is 179 Å². The first-order valence-electron chi connectivity index (χ1n) is 20.9. The molecule has 1 amide bonds. The van der Waals surface area contributed by atoms with Gasteiger partial charge in [0.1, 0.15) is 47.6 Å². The summed E-state index contributed by atoms with van der Waals surface area (Å²) >= 11 is 16.1. The number of hydrogen-bond acceptors (Lipinski definition) is 15. The molecule has 4 aromatic carbocycles. The second-order valence-electron chi connectivity index (χ2n) is 15.3. The van der Waals surface area contributed by atoms with E-state index < -0.39 is 11.7 Å². The van der Waals surface area contributed by atoms with Gasteiger partial charge in [-0.15, -0.1) is 0 Å². The number of aliphatic hydroxyl groups is 1. The van der Waals surface area contributed by atoms with Crippen molar-refractivity contribution < 1.29 is 42.8 Å². The normalized spacial score (nSPS) is 15.4. The lowest BCUT2D eigenvalue weighted by atomic mass is 10.1. The number of likely N-dealkylation sites (N-methyl/N-ethyl adjacent to an activating group) is 1. The van der Waals surface area contributed by atoms with E-state index in [0.717, 1.165) is 55.4 Å². The molecule has 0 spiro atoms. The smallest absolute Gasteiger partial charge is 0.277 e. The second-order valence-corrected chi connectivity index (χ2v) is 17.1. The highest BCUT2D eigenvalue weighted by Crippen LogP contribution is 2.46.